The van der Waals surface area contributed by atoms with Crippen LogP contribution in [0.3, 0.4) is 0 Å². The Kier molecular flexibility index (Phi) is 8.26. The minimum absolute atomic E-state index is 0.0326. The fourth-order valence-electron chi connectivity index (χ4n) is 3.19. The molecule has 148 valence electrons. The third-order valence-electron chi connectivity index (χ3n) is 4.74. The van der Waals surface area contributed by atoms with Gasteiger partial charge in [0, 0.05) is 31.2 Å². The standard InChI is InChI=1S/C20H28N2O5/c1-3-27-20(25)16-8-10-17(11-9-16)22-19(24)15-6-4-14(5-7-15)18(23)21-12-13-26-2/h8-11,14-15H,3-7,12-13H2,1-2H3,(H,21,23)(H,22,24). The van der Waals surface area contributed by atoms with Crippen molar-refractivity contribution in [3.05, 3.63) is 29.8 Å². The molecule has 1 saturated carbocycles. The lowest BCUT2D eigenvalue weighted by atomic mass is 9.81. The van der Waals surface area contributed by atoms with Crippen molar-refractivity contribution in [2.24, 2.45) is 11.8 Å². The fraction of sp³-hybridized carbons (Fsp3) is 0.550. The number of benzene rings is 1. The lowest BCUT2D eigenvalue weighted by molar-refractivity contribution is -0.128. The average Bonchev–Trinajstić information content (AvgIpc) is 2.69. The van der Waals surface area contributed by atoms with E-state index in [-0.39, 0.29) is 29.6 Å². The Morgan fingerprint density at radius 2 is 1.59 bits per heavy atom. The Hall–Kier alpha value is -2.41. The number of carbonyl (C=O) groups excluding carboxylic acids is 3. The van der Waals surface area contributed by atoms with E-state index in [1.54, 1.807) is 38.3 Å². The zero-order valence-corrected chi connectivity index (χ0v) is 16.0. The van der Waals surface area contributed by atoms with Crippen LogP contribution >= 0.6 is 0 Å². The molecular formula is C20H28N2O5. The molecule has 7 nitrogen and oxygen atoms in total. The zero-order valence-electron chi connectivity index (χ0n) is 16.0. The second-order valence-corrected chi connectivity index (χ2v) is 6.62. The van der Waals surface area contributed by atoms with Crippen molar-refractivity contribution in [1.82, 2.24) is 5.32 Å². The normalized spacial score (nSPS) is 19.2. The molecule has 0 spiro atoms. The first kappa shape index (κ1) is 20.9. The van der Waals surface area contributed by atoms with Crippen molar-refractivity contribution >= 4 is 23.5 Å². The Balaban J connectivity index is 1.79. The molecule has 2 amide bonds. The SMILES string of the molecule is CCOC(=O)c1ccc(NC(=O)C2CCC(C(=O)NCCOC)CC2)cc1. The molecule has 1 fully saturated rings. The van der Waals surface area contributed by atoms with Gasteiger partial charge in [-0.2, -0.15) is 0 Å². The molecule has 1 aliphatic rings. The maximum absolute atomic E-state index is 12.5. The quantitative estimate of drug-likeness (QED) is 0.537. The van der Waals surface area contributed by atoms with Gasteiger partial charge in [-0.15, -0.1) is 0 Å². The number of hydrogen-bond acceptors (Lipinski definition) is 5. The number of nitrogens with one attached hydrogen (secondary N) is 2. The predicted molar refractivity (Wildman–Crippen MR) is 101 cm³/mol. The first-order valence-corrected chi connectivity index (χ1v) is 9.39. The number of methoxy groups -OCH3 is 1. The molecule has 7 heteroatoms. The maximum Gasteiger partial charge on any atom is 0.338 e. The number of amides is 2. The van der Waals surface area contributed by atoms with Crippen LogP contribution in [0.25, 0.3) is 0 Å². The van der Waals surface area contributed by atoms with Crippen LogP contribution in [0.15, 0.2) is 24.3 Å². The lowest BCUT2D eigenvalue weighted by Crippen LogP contribution is -2.36. The smallest absolute Gasteiger partial charge is 0.338 e. The summed E-state index contributed by atoms with van der Waals surface area (Å²) in [6, 6.07) is 6.65. The molecule has 0 bridgehead atoms. The van der Waals surface area contributed by atoms with Gasteiger partial charge in [-0.1, -0.05) is 0 Å². The highest BCUT2D eigenvalue weighted by atomic mass is 16.5. The minimum atomic E-state index is -0.377. The highest BCUT2D eigenvalue weighted by Crippen LogP contribution is 2.30. The first-order valence-electron chi connectivity index (χ1n) is 9.39. The van der Waals surface area contributed by atoms with Crippen molar-refractivity contribution < 1.29 is 23.9 Å². The number of hydrogen-bond donors (Lipinski definition) is 2. The van der Waals surface area contributed by atoms with E-state index in [1.807, 2.05) is 0 Å². The van der Waals surface area contributed by atoms with Gasteiger partial charge in [0.05, 0.1) is 18.8 Å². The third kappa shape index (κ3) is 6.36. The third-order valence-corrected chi connectivity index (χ3v) is 4.74. The number of carbonyl (C=O) groups is 3. The van der Waals surface area contributed by atoms with E-state index in [1.165, 1.54) is 0 Å². The summed E-state index contributed by atoms with van der Waals surface area (Å²) in [5.41, 5.74) is 1.10. The summed E-state index contributed by atoms with van der Waals surface area (Å²) in [7, 11) is 1.60. The van der Waals surface area contributed by atoms with Crippen LogP contribution in [0.4, 0.5) is 5.69 Å². The van der Waals surface area contributed by atoms with E-state index in [4.69, 9.17) is 9.47 Å². The zero-order chi connectivity index (χ0) is 19.6. The largest absolute Gasteiger partial charge is 0.462 e. The van der Waals surface area contributed by atoms with E-state index in [9.17, 15) is 14.4 Å². The molecule has 0 heterocycles. The van der Waals surface area contributed by atoms with E-state index >= 15 is 0 Å². The molecule has 0 saturated heterocycles. The second-order valence-electron chi connectivity index (χ2n) is 6.62. The van der Waals surface area contributed by atoms with Crippen LogP contribution in [0.2, 0.25) is 0 Å². The van der Waals surface area contributed by atoms with Crippen LogP contribution in [0.5, 0.6) is 0 Å². The Morgan fingerprint density at radius 3 is 2.15 bits per heavy atom. The maximum atomic E-state index is 12.5. The highest BCUT2D eigenvalue weighted by Gasteiger charge is 2.29. The molecule has 1 aromatic carbocycles. The van der Waals surface area contributed by atoms with E-state index in [2.05, 4.69) is 10.6 Å². The number of esters is 1. The van der Waals surface area contributed by atoms with Crippen LogP contribution in [-0.4, -0.2) is 44.7 Å². The van der Waals surface area contributed by atoms with Gasteiger partial charge in [0.2, 0.25) is 11.8 Å². The molecule has 0 radical (unpaired) electrons. The number of ether oxygens (including phenoxy) is 2. The molecule has 1 aromatic rings. The van der Waals surface area contributed by atoms with Crippen LogP contribution in [0.1, 0.15) is 43.0 Å². The van der Waals surface area contributed by atoms with Gasteiger partial charge in [-0.3, -0.25) is 9.59 Å². The summed E-state index contributed by atoms with van der Waals surface area (Å²) >= 11 is 0. The molecule has 0 atom stereocenters. The van der Waals surface area contributed by atoms with E-state index < -0.39 is 0 Å². The summed E-state index contributed by atoms with van der Waals surface area (Å²) in [4.78, 5) is 36.2. The lowest BCUT2D eigenvalue weighted by Gasteiger charge is -2.27. The minimum Gasteiger partial charge on any atom is -0.462 e. The molecule has 1 aliphatic carbocycles. The summed E-state index contributed by atoms with van der Waals surface area (Å²) in [5.74, 6) is -0.511. The number of rotatable bonds is 8. The topological polar surface area (TPSA) is 93.7 Å². The van der Waals surface area contributed by atoms with Crippen LogP contribution in [0, 0.1) is 11.8 Å². The van der Waals surface area contributed by atoms with Gasteiger partial charge in [-0.05, 0) is 56.9 Å². The Labute approximate surface area is 159 Å². The molecular weight excluding hydrogens is 348 g/mol. The molecule has 27 heavy (non-hydrogen) atoms. The van der Waals surface area contributed by atoms with Gasteiger partial charge >= 0.3 is 5.97 Å². The van der Waals surface area contributed by atoms with Gasteiger partial charge < -0.3 is 20.1 Å². The molecule has 0 aromatic heterocycles. The van der Waals surface area contributed by atoms with Gasteiger partial charge in [0.1, 0.15) is 0 Å². The van der Waals surface area contributed by atoms with Crippen molar-refractivity contribution in [1.29, 1.82) is 0 Å². The Morgan fingerprint density at radius 1 is 1.00 bits per heavy atom. The van der Waals surface area contributed by atoms with Crippen molar-refractivity contribution in [2.75, 3.05) is 32.2 Å². The van der Waals surface area contributed by atoms with Crippen molar-refractivity contribution in [3.8, 4) is 0 Å². The summed E-state index contributed by atoms with van der Waals surface area (Å²) < 4.78 is 9.86. The first-order chi connectivity index (χ1) is 13.0. The van der Waals surface area contributed by atoms with Gasteiger partial charge in [-0.25, -0.2) is 4.79 Å². The van der Waals surface area contributed by atoms with Gasteiger partial charge in [0.25, 0.3) is 0 Å². The highest BCUT2D eigenvalue weighted by molar-refractivity contribution is 5.94. The summed E-state index contributed by atoms with van der Waals surface area (Å²) in [6.45, 7) is 3.09. The average molecular weight is 376 g/mol. The molecule has 0 aliphatic heterocycles. The number of anilines is 1. The molecule has 2 N–H and O–H groups in total. The summed E-state index contributed by atoms with van der Waals surface area (Å²) in [5, 5.41) is 5.75. The molecule has 0 unspecified atom stereocenters. The predicted octanol–water partition coefficient (Wildman–Crippen LogP) is 2.37. The Bertz CT molecular complexity index is 636. The second kappa shape index (κ2) is 10.7. The van der Waals surface area contributed by atoms with Crippen molar-refractivity contribution in [2.45, 2.75) is 32.6 Å². The fourth-order valence-corrected chi connectivity index (χ4v) is 3.19. The summed E-state index contributed by atoms with van der Waals surface area (Å²) in [6.07, 6.45) is 2.79. The van der Waals surface area contributed by atoms with Crippen LogP contribution < -0.4 is 10.6 Å². The van der Waals surface area contributed by atoms with Crippen LogP contribution in [-0.2, 0) is 19.1 Å². The van der Waals surface area contributed by atoms with Gasteiger partial charge in [0.15, 0.2) is 0 Å². The van der Waals surface area contributed by atoms with E-state index in [0.717, 1.165) is 0 Å². The van der Waals surface area contributed by atoms with E-state index in [0.29, 0.717) is 56.7 Å². The van der Waals surface area contributed by atoms with Crippen molar-refractivity contribution in [3.63, 3.8) is 0 Å². The molecule has 2 rings (SSSR count). The monoisotopic (exact) mass is 376 g/mol.